The number of carbonyl (C=O) groups excluding carboxylic acids is 2. The number of pyridine rings is 1. The molecule has 1 unspecified atom stereocenters. The summed E-state index contributed by atoms with van der Waals surface area (Å²) < 4.78 is 43.8. The molecule has 2 amide bonds. The summed E-state index contributed by atoms with van der Waals surface area (Å²) >= 11 is 6.10. The molecule has 7 nitrogen and oxygen atoms in total. The van der Waals surface area contributed by atoms with E-state index in [1.807, 2.05) is 4.90 Å². The Bertz CT molecular complexity index is 1060. The van der Waals surface area contributed by atoms with Crippen molar-refractivity contribution in [1.82, 2.24) is 9.88 Å². The molecule has 0 spiro atoms. The molecule has 1 atom stereocenters. The van der Waals surface area contributed by atoms with Gasteiger partial charge in [0.05, 0.1) is 24.3 Å². The van der Waals surface area contributed by atoms with E-state index in [0.29, 0.717) is 54.9 Å². The van der Waals surface area contributed by atoms with Crippen LogP contribution in [0.1, 0.15) is 18.4 Å². The van der Waals surface area contributed by atoms with Crippen molar-refractivity contribution in [2.75, 3.05) is 49.6 Å². The first-order chi connectivity index (χ1) is 16.2. The van der Waals surface area contributed by atoms with Gasteiger partial charge in [0, 0.05) is 50.4 Å². The van der Waals surface area contributed by atoms with Crippen LogP contribution in [0, 0.1) is 5.92 Å². The Morgan fingerprint density at radius 1 is 1.15 bits per heavy atom. The van der Waals surface area contributed by atoms with Gasteiger partial charge >= 0.3 is 6.18 Å². The van der Waals surface area contributed by atoms with Crippen LogP contribution >= 0.6 is 11.6 Å². The Balaban J connectivity index is 1.41. The maximum absolute atomic E-state index is 13.2. The molecule has 4 rings (SSSR count). The molecule has 0 bridgehead atoms. The van der Waals surface area contributed by atoms with Crippen LogP contribution in [0.5, 0.6) is 5.75 Å². The van der Waals surface area contributed by atoms with E-state index in [2.05, 4.69) is 4.98 Å². The lowest BCUT2D eigenvalue weighted by Crippen LogP contribution is -2.40. The van der Waals surface area contributed by atoms with Crippen LogP contribution in [0.3, 0.4) is 0 Å². The number of benzene rings is 1. The Labute approximate surface area is 200 Å². The molecule has 1 aromatic carbocycles. The van der Waals surface area contributed by atoms with Crippen LogP contribution in [0.4, 0.5) is 24.7 Å². The number of rotatable bonds is 4. The van der Waals surface area contributed by atoms with Gasteiger partial charge in [0.25, 0.3) is 0 Å². The number of halogens is 4. The first kappa shape index (κ1) is 24.1. The minimum atomic E-state index is -4.44. The zero-order valence-corrected chi connectivity index (χ0v) is 19.3. The Hall–Kier alpha value is -3.01. The second-order valence-electron chi connectivity index (χ2n) is 8.29. The van der Waals surface area contributed by atoms with Crippen LogP contribution in [0.25, 0.3) is 0 Å². The molecule has 2 aromatic rings. The lowest BCUT2D eigenvalue weighted by Gasteiger charge is -2.25. The number of amides is 2. The van der Waals surface area contributed by atoms with Crippen molar-refractivity contribution in [2.24, 2.45) is 5.92 Å². The van der Waals surface area contributed by atoms with Crippen LogP contribution in [0.15, 0.2) is 36.5 Å². The first-order valence-electron chi connectivity index (χ1n) is 10.9. The van der Waals surface area contributed by atoms with Crippen molar-refractivity contribution in [3.8, 4) is 5.75 Å². The van der Waals surface area contributed by atoms with E-state index >= 15 is 0 Å². The SMILES string of the molecule is COc1ccc(Cl)cc1N1CC(C(=O)N2CCCN(c3ccc(C(F)(F)F)cn3)CC2)CC1=O. The van der Waals surface area contributed by atoms with Gasteiger partial charge in [-0.1, -0.05) is 11.6 Å². The van der Waals surface area contributed by atoms with Crippen molar-refractivity contribution in [3.05, 3.63) is 47.1 Å². The number of alkyl halides is 3. The third kappa shape index (κ3) is 5.06. The first-order valence-corrected chi connectivity index (χ1v) is 11.3. The van der Waals surface area contributed by atoms with E-state index in [9.17, 15) is 22.8 Å². The topological polar surface area (TPSA) is 66.0 Å². The molecule has 2 saturated heterocycles. The molecule has 34 heavy (non-hydrogen) atoms. The second-order valence-corrected chi connectivity index (χ2v) is 8.73. The van der Waals surface area contributed by atoms with Gasteiger partial charge in [-0.2, -0.15) is 13.2 Å². The van der Waals surface area contributed by atoms with Gasteiger partial charge in [0.1, 0.15) is 11.6 Å². The highest BCUT2D eigenvalue weighted by atomic mass is 35.5. The Kier molecular flexibility index (Phi) is 6.88. The number of carbonyl (C=O) groups is 2. The standard InChI is InChI=1S/C23H24ClF3N4O3/c1-34-19-5-4-17(24)12-18(19)31-14-15(11-21(31)32)22(33)30-8-2-7-29(9-10-30)20-6-3-16(13-28-20)23(25,26)27/h3-6,12-13,15H,2,7-11,14H2,1H3. The summed E-state index contributed by atoms with van der Waals surface area (Å²) in [5.74, 6) is 0.160. The van der Waals surface area contributed by atoms with Gasteiger partial charge in [-0.15, -0.1) is 0 Å². The fourth-order valence-corrected chi connectivity index (χ4v) is 4.51. The van der Waals surface area contributed by atoms with Gasteiger partial charge in [-0.05, 0) is 36.8 Å². The highest BCUT2D eigenvalue weighted by Crippen LogP contribution is 2.36. The molecule has 2 fully saturated rings. The molecule has 2 aliphatic heterocycles. The minimum absolute atomic E-state index is 0.0924. The number of hydrogen-bond donors (Lipinski definition) is 0. The van der Waals surface area contributed by atoms with E-state index in [4.69, 9.17) is 16.3 Å². The average Bonchev–Trinajstić information content (AvgIpc) is 3.03. The van der Waals surface area contributed by atoms with Crippen LogP contribution in [0.2, 0.25) is 5.02 Å². The van der Waals surface area contributed by atoms with Gasteiger partial charge in [-0.25, -0.2) is 4.98 Å². The van der Waals surface area contributed by atoms with Crippen LogP contribution in [-0.4, -0.2) is 61.5 Å². The second kappa shape index (κ2) is 9.69. The quantitative estimate of drug-likeness (QED) is 0.643. The minimum Gasteiger partial charge on any atom is -0.495 e. The highest BCUT2D eigenvalue weighted by Gasteiger charge is 2.38. The predicted molar refractivity (Wildman–Crippen MR) is 121 cm³/mol. The molecule has 0 aliphatic carbocycles. The normalized spacial score (nSPS) is 19.4. The van der Waals surface area contributed by atoms with Gasteiger partial charge in [-0.3, -0.25) is 9.59 Å². The Morgan fingerprint density at radius 2 is 1.94 bits per heavy atom. The maximum atomic E-state index is 13.2. The third-order valence-electron chi connectivity index (χ3n) is 6.11. The Morgan fingerprint density at radius 3 is 2.62 bits per heavy atom. The maximum Gasteiger partial charge on any atom is 0.417 e. The molecule has 0 N–H and O–H groups in total. The van der Waals surface area contributed by atoms with Crippen molar-refractivity contribution in [3.63, 3.8) is 0 Å². The largest absolute Gasteiger partial charge is 0.495 e. The summed E-state index contributed by atoms with van der Waals surface area (Å²) in [6.07, 6.45) is -2.88. The average molecular weight is 497 g/mol. The molecule has 182 valence electrons. The summed E-state index contributed by atoms with van der Waals surface area (Å²) in [6.45, 7) is 2.14. The highest BCUT2D eigenvalue weighted by molar-refractivity contribution is 6.31. The van der Waals surface area contributed by atoms with Gasteiger partial charge in [0.2, 0.25) is 11.8 Å². The molecular formula is C23H24ClF3N4O3. The van der Waals surface area contributed by atoms with Crippen molar-refractivity contribution in [2.45, 2.75) is 19.0 Å². The third-order valence-corrected chi connectivity index (χ3v) is 6.35. The molecule has 1 aromatic heterocycles. The summed E-state index contributed by atoms with van der Waals surface area (Å²) in [4.78, 5) is 35.0. The van der Waals surface area contributed by atoms with Gasteiger partial charge in [0.15, 0.2) is 0 Å². The predicted octanol–water partition coefficient (Wildman–Crippen LogP) is 3.85. The molecule has 0 saturated carbocycles. The zero-order valence-electron chi connectivity index (χ0n) is 18.5. The summed E-state index contributed by atoms with van der Waals surface area (Å²) in [5, 5.41) is 0.461. The van der Waals surface area contributed by atoms with E-state index < -0.39 is 17.7 Å². The number of nitrogens with zero attached hydrogens (tertiary/aromatic N) is 4. The zero-order chi connectivity index (χ0) is 24.5. The number of methoxy groups -OCH3 is 1. The summed E-state index contributed by atoms with van der Waals surface area (Å²) in [5.41, 5.74) is -0.264. The number of anilines is 2. The lowest BCUT2D eigenvalue weighted by atomic mass is 10.1. The van der Waals surface area contributed by atoms with E-state index in [1.54, 1.807) is 23.1 Å². The summed E-state index contributed by atoms with van der Waals surface area (Å²) in [6, 6.07) is 7.36. The fraction of sp³-hybridized carbons (Fsp3) is 0.435. The van der Waals surface area contributed by atoms with E-state index in [1.165, 1.54) is 18.1 Å². The fourth-order valence-electron chi connectivity index (χ4n) is 4.35. The number of hydrogen-bond acceptors (Lipinski definition) is 5. The van der Waals surface area contributed by atoms with Crippen LogP contribution in [-0.2, 0) is 15.8 Å². The van der Waals surface area contributed by atoms with E-state index in [-0.39, 0.29) is 24.8 Å². The number of aromatic nitrogens is 1. The number of ether oxygens (including phenoxy) is 1. The van der Waals surface area contributed by atoms with E-state index in [0.717, 1.165) is 12.3 Å². The summed E-state index contributed by atoms with van der Waals surface area (Å²) in [7, 11) is 1.50. The lowest BCUT2D eigenvalue weighted by molar-refractivity contribution is -0.138. The van der Waals surface area contributed by atoms with Gasteiger partial charge < -0.3 is 19.4 Å². The van der Waals surface area contributed by atoms with Crippen molar-refractivity contribution >= 4 is 34.9 Å². The smallest absolute Gasteiger partial charge is 0.417 e. The monoisotopic (exact) mass is 496 g/mol. The molecule has 11 heteroatoms. The van der Waals surface area contributed by atoms with Crippen molar-refractivity contribution < 1.29 is 27.5 Å². The molecule has 3 heterocycles. The van der Waals surface area contributed by atoms with Crippen LogP contribution < -0.4 is 14.5 Å². The molecule has 0 radical (unpaired) electrons. The van der Waals surface area contributed by atoms with Crippen molar-refractivity contribution in [1.29, 1.82) is 0 Å². The molecule has 2 aliphatic rings. The molecular weight excluding hydrogens is 473 g/mol.